The molecule has 0 saturated carbocycles. The summed E-state index contributed by atoms with van der Waals surface area (Å²) in [5.74, 6) is -0.0252. The molecule has 3 rings (SSSR count). The lowest BCUT2D eigenvalue weighted by atomic mass is 10.1. The highest BCUT2D eigenvalue weighted by Crippen LogP contribution is 2.21. The second-order valence-electron chi connectivity index (χ2n) is 5.68. The molecule has 1 aliphatic rings. The van der Waals surface area contributed by atoms with Gasteiger partial charge in [0, 0.05) is 37.1 Å². The van der Waals surface area contributed by atoms with Gasteiger partial charge in [0.2, 0.25) is 5.91 Å². The molecule has 7 heteroatoms. The van der Waals surface area contributed by atoms with E-state index < -0.39 is 0 Å². The van der Waals surface area contributed by atoms with Crippen LogP contribution in [0.2, 0.25) is 0 Å². The number of hydrogen-bond donors (Lipinski definition) is 2. The standard InChI is InChI=1S/C17H20N4O2S/c18-9-15-20-14(11-24-15)17(23)19-10-12-4-6-13(7-5-12)21-8-2-1-3-16(21)22/h4-7,11H,1-3,8-10,18H2,(H,19,23). The average Bonchev–Trinajstić information content (AvgIpc) is 3.10. The second kappa shape index (κ2) is 7.55. The molecule has 0 atom stereocenters. The molecule has 1 aliphatic heterocycles. The molecule has 1 fully saturated rings. The predicted octanol–water partition coefficient (Wildman–Crippen LogP) is 2.05. The molecule has 24 heavy (non-hydrogen) atoms. The summed E-state index contributed by atoms with van der Waals surface area (Å²) in [7, 11) is 0. The Morgan fingerprint density at radius 2 is 2.08 bits per heavy atom. The van der Waals surface area contributed by atoms with Crippen molar-refractivity contribution in [2.24, 2.45) is 5.73 Å². The second-order valence-corrected chi connectivity index (χ2v) is 6.62. The van der Waals surface area contributed by atoms with Gasteiger partial charge in [-0.25, -0.2) is 4.98 Å². The zero-order chi connectivity index (χ0) is 16.9. The van der Waals surface area contributed by atoms with Crippen molar-refractivity contribution in [3.05, 3.63) is 45.9 Å². The molecular weight excluding hydrogens is 324 g/mol. The number of anilines is 1. The number of benzene rings is 1. The summed E-state index contributed by atoms with van der Waals surface area (Å²) >= 11 is 1.38. The molecule has 126 valence electrons. The van der Waals surface area contributed by atoms with Crippen molar-refractivity contribution < 1.29 is 9.59 Å². The van der Waals surface area contributed by atoms with Crippen LogP contribution in [0.15, 0.2) is 29.6 Å². The maximum atomic E-state index is 12.0. The third-order valence-electron chi connectivity index (χ3n) is 3.98. The summed E-state index contributed by atoms with van der Waals surface area (Å²) in [5.41, 5.74) is 7.80. The summed E-state index contributed by atoms with van der Waals surface area (Å²) in [6.45, 7) is 1.54. The highest BCUT2D eigenvalue weighted by atomic mass is 32.1. The largest absolute Gasteiger partial charge is 0.347 e. The number of thiazole rings is 1. The van der Waals surface area contributed by atoms with Crippen LogP contribution in [0.5, 0.6) is 0 Å². The SMILES string of the molecule is NCc1nc(C(=O)NCc2ccc(N3CCCCC3=O)cc2)cs1. The van der Waals surface area contributed by atoms with Crippen LogP contribution in [0.1, 0.15) is 40.3 Å². The number of rotatable bonds is 5. The van der Waals surface area contributed by atoms with E-state index in [2.05, 4.69) is 10.3 Å². The molecule has 2 amide bonds. The fourth-order valence-electron chi connectivity index (χ4n) is 2.65. The first-order valence-corrected chi connectivity index (χ1v) is 8.87. The Labute approximate surface area is 144 Å². The molecule has 0 spiro atoms. The maximum Gasteiger partial charge on any atom is 0.271 e. The number of carbonyl (C=O) groups excluding carboxylic acids is 2. The van der Waals surface area contributed by atoms with Crippen LogP contribution in [0.3, 0.4) is 0 Å². The third-order valence-corrected chi connectivity index (χ3v) is 4.85. The molecule has 6 nitrogen and oxygen atoms in total. The summed E-state index contributed by atoms with van der Waals surface area (Å²) in [6.07, 6.45) is 2.64. The van der Waals surface area contributed by atoms with Crippen molar-refractivity contribution in [3.63, 3.8) is 0 Å². The Hall–Kier alpha value is -2.25. The van der Waals surface area contributed by atoms with Crippen LogP contribution in [-0.2, 0) is 17.9 Å². The average molecular weight is 344 g/mol. The number of nitrogens with zero attached hydrogens (tertiary/aromatic N) is 2. The topological polar surface area (TPSA) is 88.3 Å². The van der Waals surface area contributed by atoms with E-state index in [-0.39, 0.29) is 11.8 Å². The Kier molecular flexibility index (Phi) is 5.22. The molecule has 0 bridgehead atoms. The molecule has 0 unspecified atom stereocenters. The van der Waals surface area contributed by atoms with E-state index in [4.69, 9.17) is 5.73 Å². The molecule has 1 aromatic carbocycles. The van der Waals surface area contributed by atoms with Crippen molar-refractivity contribution in [1.29, 1.82) is 0 Å². The number of piperidine rings is 1. The minimum Gasteiger partial charge on any atom is -0.347 e. The van der Waals surface area contributed by atoms with Crippen molar-refractivity contribution in [1.82, 2.24) is 10.3 Å². The van der Waals surface area contributed by atoms with E-state index in [1.807, 2.05) is 29.2 Å². The van der Waals surface area contributed by atoms with Gasteiger partial charge in [-0.3, -0.25) is 9.59 Å². The fraction of sp³-hybridized carbons (Fsp3) is 0.353. The van der Waals surface area contributed by atoms with Gasteiger partial charge < -0.3 is 16.0 Å². The quantitative estimate of drug-likeness (QED) is 0.869. The van der Waals surface area contributed by atoms with Gasteiger partial charge in [0.1, 0.15) is 10.7 Å². The summed E-state index contributed by atoms with van der Waals surface area (Å²) < 4.78 is 0. The van der Waals surface area contributed by atoms with E-state index in [9.17, 15) is 9.59 Å². The highest BCUT2D eigenvalue weighted by molar-refractivity contribution is 7.09. The minimum absolute atomic E-state index is 0.182. The normalized spacial score (nSPS) is 14.7. The zero-order valence-electron chi connectivity index (χ0n) is 13.3. The van der Waals surface area contributed by atoms with Crippen molar-refractivity contribution in [2.45, 2.75) is 32.4 Å². The number of amides is 2. The van der Waals surface area contributed by atoms with E-state index >= 15 is 0 Å². The van der Waals surface area contributed by atoms with Crippen LogP contribution < -0.4 is 16.0 Å². The van der Waals surface area contributed by atoms with Crippen LogP contribution >= 0.6 is 11.3 Å². The summed E-state index contributed by atoms with van der Waals surface area (Å²) in [6, 6.07) is 7.73. The lowest BCUT2D eigenvalue weighted by molar-refractivity contribution is -0.119. The van der Waals surface area contributed by atoms with Crippen LogP contribution in [-0.4, -0.2) is 23.3 Å². The summed E-state index contributed by atoms with van der Waals surface area (Å²) in [4.78, 5) is 30.0. The van der Waals surface area contributed by atoms with Gasteiger partial charge in [-0.05, 0) is 30.5 Å². The van der Waals surface area contributed by atoms with Gasteiger partial charge in [-0.1, -0.05) is 12.1 Å². The smallest absolute Gasteiger partial charge is 0.271 e. The molecular formula is C17H20N4O2S. The van der Waals surface area contributed by atoms with Crippen molar-refractivity contribution in [3.8, 4) is 0 Å². The molecule has 2 aromatic rings. The first-order chi connectivity index (χ1) is 11.7. The van der Waals surface area contributed by atoms with E-state index in [0.717, 1.165) is 35.6 Å². The fourth-order valence-corrected chi connectivity index (χ4v) is 3.31. The number of carbonyl (C=O) groups is 2. The Balaban J connectivity index is 1.58. The lowest BCUT2D eigenvalue weighted by Gasteiger charge is -2.26. The van der Waals surface area contributed by atoms with Crippen LogP contribution in [0.25, 0.3) is 0 Å². The molecule has 2 heterocycles. The van der Waals surface area contributed by atoms with Crippen LogP contribution in [0.4, 0.5) is 5.69 Å². The number of hydrogen-bond acceptors (Lipinski definition) is 5. The Bertz CT molecular complexity index is 726. The minimum atomic E-state index is -0.207. The maximum absolute atomic E-state index is 12.0. The third kappa shape index (κ3) is 3.80. The van der Waals surface area contributed by atoms with E-state index in [1.165, 1.54) is 11.3 Å². The molecule has 0 radical (unpaired) electrons. The Morgan fingerprint density at radius 3 is 2.75 bits per heavy atom. The highest BCUT2D eigenvalue weighted by Gasteiger charge is 2.19. The summed E-state index contributed by atoms with van der Waals surface area (Å²) in [5, 5.41) is 5.30. The Morgan fingerprint density at radius 1 is 1.29 bits per heavy atom. The molecule has 1 aromatic heterocycles. The monoisotopic (exact) mass is 344 g/mol. The van der Waals surface area contributed by atoms with Gasteiger partial charge in [-0.15, -0.1) is 11.3 Å². The van der Waals surface area contributed by atoms with E-state index in [0.29, 0.717) is 25.2 Å². The van der Waals surface area contributed by atoms with Gasteiger partial charge >= 0.3 is 0 Å². The van der Waals surface area contributed by atoms with E-state index in [1.54, 1.807) is 5.38 Å². The molecule has 1 saturated heterocycles. The number of aromatic nitrogens is 1. The number of nitrogens with one attached hydrogen (secondary N) is 1. The van der Waals surface area contributed by atoms with Crippen molar-refractivity contribution in [2.75, 3.05) is 11.4 Å². The van der Waals surface area contributed by atoms with Gasteiger partial charge in [0.15, 0.2) is 0 Å². The van der Waals surface area contributed by atoms with Crippen molar-refractivity contribution >= 4 is 28.8 Å². The van der Waals surface area contributed by atoms with Gasteiger partial charge in [0.05, 0.1) is 0 Å². The first-order valence-electron chi connectivity index (χ1n) is 7.99. The molecule has 0 aliphatic carbocycles. The van der Waals surface area contributed by atoms with Gasteiger partial charge in [0.25, 0.3) is 5.91 Å². The first kappa shape index (κ1) is 16.6. The predicted molar refractivity (Wildman–Crippen MR) is 93.8 cm³/mol. The number of nitrogens with two attached hydrogens (primary N) is 1. The molecule has 3 N–H and O–H groups in total. The lowest BCUT2D eigenvalue weighted by Crippen LogP contribution is -2.35. The van der Waals surface area contributed by atoms with Crippen LogP contribution in [0, 0.1) is 0 Å². The zero-order valence-corrected chi connectivity index (χ0v) is 14.1. The van der Waals surface area contributed by atoms with Gasteiger partial charge in [-0.2, -0.15) is 0 Å².